The molecule has 3 nitrogen and oxygen atoms in total. The fourth-order valence-electron chi connectivity index (χ4n) is 3.37. The number of nitrogens with zero attached hydrogens (tertiary/aromatic N) is 1. The number of hydrogen-bond acceptors (Lipinski definition) is 3. The van der Waals surface area contributed by atoms with Gasteiger partial charge in [-0.3, -0.25) is 4.90 Å². The average Bonchev–Trinajstić information content (AvgIpc) is 2.54. The fourth-order valence-corrected chi connectivity index (χ4v) is 3.37. The van der Waals surface area contributed by atoms with Crippen LogP contribution in [0.3, 0.4) is 0 Å². The second kappa shape index (κ2) is 7.92. The average molecular weight is 290 g/mol. The van der Waals surface area contributed by atoms with Gasteiger partial charge in [-0.15, -0.1) is 0 Å². The summed E-state index contributed by atoms with van der Waals surface area (Å²) in [6.45, 7) is 4.85. The highest BCUT2D eigenvalue weighted by atomic mass is 16.5. The van der Waals surface area contributed by atoms with E-state index < -0.39 is 0 Å². The lowest BCUT2D eigenvalue weighted by molar-refractivity contribution is -0.0665. The van der Waals surface area contributed by atoms with E-state index in [4.69, 9.17) is 10.5 Å². The molecule has 118 valence electrons. The predicted octanol–water partition coefficient (Wildman–Crippen LogP) is 2.84. The Balaban J connectivity index is 1.95. The highest BCUT2D eigenvalue weighted by Gasteiger charge is 2.38. The van der Waals surface area contributed by atoms with Crippen molar-refractivity contribution in [1.29, 1.82) is 0 Å². The summed E-state index contributed by atoms with van der Waals surface area (Å²) in [6.07, 6.45) is 5.91. The molecule has 2 unspecified atom stereocenters. The molecule has 2 rings (SSSR count). The molecule has 0 spiro atoms. The molecule has 2 N–H and O–H groups in total. The first kappa shape index (κ1) is 16.5. The maximum atomic E-state index is 6.17. The fraction of sp³-hybridized carbons (Fsp3) is 0.667. The van der Waals surface area contributed by atoms with Gasteiger partial charge in [-0.05, 0) is 38.3 Å². The van der Waals surface area contributed by atoms with Crippen LogP contribution in [0.5, 0.6) is 0 Å². The van der Waals surface area contributed by atoms with Crippen molar-refractivity contribution in [2.45, 2.75) is 50.7 Å². The number of benzene rings is 1. The van der Waals surface area contributed by atoms with Gasteiger partial charge in [0.1, 0.15) is 0 Å². The molecule has 0 amide bonds. The topological polar surface area (TPSA) is 38.5 Å². The van der Waals surface area contributed by atoms with Gasteiger partial charge in [0.2, 0.25) is 0 Å². The van der Waals surface area contributed by atoms with Crippen molar-refractivity contribution in [2.24, 2.45) is 5.73 Å². The zero-order chi connectivity index (χ0) is 15.1. The van der Waals surface area contributed by atoms with Crippen LogP contribution in [-0.2, 0) is 11.2 Å². The van der Waals surface area contributed by atoms with Crippen LogP contribution in [0.25, 0.3) is 0 Å². The number of likely N-dealkylation sites (N-methyl/N-ethyl adjacent to an activating group) is 1. The molecule has 1 fully saturated rings. The second-order valence-electron chi connectivity index (χ2n) is 6.32. The molecular weight excluding hydrogens is 260 g/mol. The molecule has 0 radical (unpaired) electrons. The van der Waals surface area contributed by atoms with E-state index in [1.165, 1.54) is 12.0 Å². The molecule has 1 aliphatic heterocycles. The Bertz CT molecular complexity index is 407. The van der Waals surface area contributed by atoms with Crippen LogP contribution in [0.1, 0.15) is 38.2 Å². The van der Waals surface area contributed by atoms with Gasteiger partial charge >= 0.3 is 0 Å². The lowest BCUT2D eigenvalue weighted by Crippen LogP contribution is -2.57. The van der Waals surface area contributed by atoms with Gasteiger partial charge in [0.15, 0.2) is 0 Å². The maximum Gasteiger partial charge on any atom is 0.0593 e. The lowest BCUT2D eigenvalue weighted by Gasteiger charge is -2.46. The SMILES string of the molecule is CCCC1CC(CN)(N(C)CCc2ccccc2)CCO1. The zero-order valence-corrected chi connectivity index (χ0v) is 13.6. The largest absolute Gasteiger partial charge is 0.378 e. The Labute approximate surface area is 129 Å². The third kappa shape index (κ3) is 4.29. The summed E-state index contributed by atoms with van der Waals surface area (Å²) in [6, 6.07) is 10.7. The summed E-state index contributed by atoms with van der Waals surface area (Å²) in [7, 11) is 2.23. The second-order valence-corrected chi connectivity index (χ2v) is 6.32. The molecule has 0 bridgehead atoms. The zero-order valence-electron chi connectivity index (χ0n) is 13.6. The van der Waals surface area contributed by atoms with E-state index in [-0.39, 0.29) is 5.54 Å². The smallest absolute Gasteiger partial charge is 0.0593 e. The van der Waals surface area contributed by atoms with Crippen LogP contribution in [0.15, 0.2) is 30.3 Å². The number of nitrogens with two attached hydrogens (primary N) is 1. The summed E-state index contributed by atoms with van der Waals surface area (Å²) in [5.41, 5.74) is 7.68. The van der Waals surface area contributed by atoms with E-state index in [1.54, 1.807) is 0 Å². The van der Waals surface area contributed by atoms with Crippen molar-refractivity contribution in [3.05, 3.63) is 35.9 Å². The quantitative estimate of drug-likeness (QED) is 0.839. The molecule has 1 aliphatic rings. The molecule has 0 aliphatic carbocycles. The molecule has 0 aromatic heterocycles. The van der Waals surface area contributed by atoms with Crippen LogP contribution in [0.2, 0.25) is 0 Å². The van der Waals surface area contributed by atoms with Crippen molar-refractivity contribution >= 4 is 0 Å². The Hall–Kier alpha value is -0.900. The minimum Gasteiger partial charge on any atom is -0.378 e. The van der Waals surface area contributed by atoms with Crippen LogP contribution < -0.4 is 5.73 Å². The molecular formula is C18H30N2O. The highest BCUT2D eigenvalue weighted by Crippen LogP contribution is 2.31. The van der Waals surface area contributed by atoms with Crippen LogP contribution in [-0.4, -0.2) is 43.3 Å². The summed E-state index contributed by atoms with van der Waals surface area (Å²) >= 11 is 0. The van der Waals surface area contributed by atoms with Gasteiger partial charge in [0.05, 0.1) is 6.10 Å². The first-order chi connectivity index (χ1) is 10.2. The molecule has 1 aromatic rings. The molecule has 0 saturated carbocycles. The van der Waals surface area contributed by atoms with E-state index in [9.17, 15) is 0 Å². The summed E-state index contributed by atoms with van der Waals surface area (Å²) in [5.74, 6) is 0. The molecule has 1 heterocycles. The number of hydrogen-bond donors (Lipinski definition) is 1. The number of ether oxygens (including phenoxy) is 1. The van der Waals surface area contributed by atoms with Gasteiger partial charge < -0.3 is 10.5 Å². The Kier molecular flexibility index (Phi) is 6.22. The lowest BCUT2D eigenvalue weighted by atomic mass is 9.83. The van der Waals surface area contributed by atoms with E-state index in [1.807, 2.05) is 0 Å². The first-order valence-corrected chi connectivity index (χ1v) is 8.27. The Morgan fingerprint density at radius 3 is 2.76 bits per heavy atom. The predicted molar refractivity (Wildman–Crippen MR) is 88.4 cm³/mol. The van der Waals surface area contributed by atoms with Gasteiger partial charge in [0, 0.05) is 25.2 Å². The van der Waals surface area contributed by atoms with E-state index in [0.717, 1.165) is 45.4 Å². The summed E-state index contributed by atoms with van der Waals surface area (Å²) in [4.78, 5) is 2.48. The monoisotopic (exact) mass is 290 g/mol. The van der Waals surface area contributed by atoms with E-state index >= 15 is 0 Å². The van der Waals surface area contributed by atoms with Crippen molar-refractivity contribution in [2.75, 3.05) is 26.7 Å². The minimum absolute atomic E-state index is 0.118. The van der Waals surface area contributed by atoms with Crippen LogP contribution in [0.4, 0.5) is 0 Å². The molecule has 1 aromatic carbocycles. The van der Waals surface area contributed by atoms with Crippen molar-refractivity contribution < 1.29 is 4.74 Å². The van der Waals surface area contributed by atoms with E-state index in [0.29, 0.717) is 6.10 Å². The number of rotatable bonds is 7. The van der Waals surface area contributed by atoms with Crippen molar-refractivity contribution in [3.63, 3.8) is 0 Å². The Morgan fingerprint density at radius 1 is 1.33 bits per heavy atom. The standard InChI is InChI=1S/C18H30N2O/c1-3-7-17-14-18(15-19,11-13-21-17)20(2)12-10-16-8-5-4-6-9-16/h4-6,8-9,17H,3,7,10-15,19H2,1-2H3. The van der Waals surface area contributed by atoms with Crippen molar-refractivity contribution in [3.8, 4) is 0 Å². The molecule has 1 saturated heterocycles. The van der Waals surface area contributed by atoms with Gasteiger partial charge in [0.25, 0.3) is 0 Å². The minimum atomic E-state index is 0.118. The Morgan fingerprint density at radius 2 is 2.10 bits per heavy atom. The van der Waals surface area contributed by atoms with Gasteiger partial charge in [-0.25, -0.2) is 0 Å². The van der Waals surface area contributed by atoms with Gasteiger partial charge in [-0.1, -0.05) is 43.7 Å². The first-order valence-electron chi connectivity index (χ1n) is 8.27. The van der Waals surface area contributed by atoms with Crippen LogP contribution >= 0.6 is 0 Å². The maximum absolute atomic E-state index is 6.17. The van der Waals surface area contributed by atoms with Crippen molar-refractivity contribution in [1.82, 2.24) is 4.90 Å². The normalized spacial score (nSPS) is 26.2. The third-order valence-corrected chi connectivity index (χ3v) is 4.91. The van der Waals surface area contributed by atoms with E-state index in [2.05, 4.69) is 49.2 Å². The third-order valence-electron chi connectivity index (χ3n) is 4.91. The molecule has 21 heavy (non-hydrogen) atoms. The highest BCUT2D eigenvalue weighted by molar-refractivity contribution is 5.15. The summed E-state index contributed by atoms with van der Waals surface area (Å²) < 4.78 is 5.91. The van der Waals surface area contributed by atoms with Crippen LogP contribution in [0, 0.1) is 0 Å². The molecule has 2 atom stereocenters. The summed E-state index contributed by atoms with van der Waals surface area (Å²) in [5, 5.41) is 0. The van der Waals surface area contributed by atoms with Gasteiger partial charge in [-0.2, -0.15) is 0 Å². The molecule has 3 heteroatoms.